The molecule has 0 radical (unpaired) electrons. The van der Waals surface area contributed by atoms with Crippen LogP contribution in [0.25, 0.3) is 10.8 Å². The highest BCUT2D eigenvalue weighted by Crippen LogP contribution is 2.26. The Morgan fingerprint density at radius 2 is 2.00 bits per heavy atom. The molecule has 0 bridgehead atoms. The van der Waals surface area contributed by atoms with Gasteiger partial charge in [0.05, 0.1) is 14.2 Å². The molecule has 0 saturated carbocycles. The number of benzene rings is 1. The lowest BCUT2D eigenvalue weighted by Crippen LogP contribution is -2.35. The van der Waals surface area contributed by atoms with Crippen LogP contribution in [0.2, 0.25) is 0 Å². The van der Waals surface area contributed by atoms with Crippen molar-refractivity contribution in [2.45, 2.75) is 19.9 Å². The number of pyridine rings is 1. The molecule has 0 fully saturated rings. The number of aromatic nitrogens is 1. The summed E-state index contributed by atoms with van der Waals surface area (Å²) in [6.07, 6.45) is 1.71. The molecule has 0 amide bonds. The quantitative estimate of drug-likeness (QED) is 0.857. The van der Waals surface area contributed by atoms with E-state index in [-0.39, 0.29) is 11.9 Å². The molecule has 0 aliphatic heterocycles. The normalized spacial score (nSPS) is 12.2. The van der Waals surface area contributed by atoms with E-state index < -0.39 is 6.04 Å². The zero-order valence-electron chi connectivity index (χ0n) is 12.7. The van der Waals surface area contributed by atoms with Crippen molar-refractivity contribution in [3.63, 3.8) is 0 Å². The molecule has 1 aromatic heterocycles. The van der Waals surface area contributed by atoms with Gasteiger partial charge >= 0.3 is 5.97 Å². The van der Waals surface area contributed by atoms with Gasteiger partial charge in [0.15, 0.2) is 0 Å². The zero-order chi connectivity index (χ0) is 15.4. The molecular weight excluding hydrogens is 268 g/mol. The van der Waals surface area contributed by atoms with Crippen molar-refractivity contribution in [2.24, 2.45) is 5.92 Å². The lowest BCUT2D eigenvalue weighted by atomic mass is 10.0. The molecule has 21 heavy (non-hydrogen) atoms. The summed E-state index contributed by atoms with van der Waals surface area (Å²) in [5.41, 5.74) is 0. The Morgan fingerprint density at radius 3 is 2.62 bits per heavy atom. The van der Waals surface area contributed by atoms with E-state index in [1.165, 1.54) is 7.11 Å². The summed E-state index contributed by atoms with van der Waals surface area (Å²) in [6, 6.07) is 7.23. The molecule has 2 rings (SSSR count). The minimum atomic E-state index is -0.445. The highest BCUT2D eigenvalue weighted by molar-refractivity contribution is 5.94. The van der Waals surface area contributed by atoms with Gasteiger partial charge in [-0.05, 0) is 29.5 Å². The molecule has 0 aliphatic carbocycles. The fourth-order valence-corrected chi connectivity index (χ4v) is 2.16. The molecule has 2 aromatic rings. The number of nitrogens with zero attached hydrogens (tertiary/aromatic N) is 1. The number of methoxy groups -OCH3 is 2. The van der Waals surface area contributed by atoms with Gasteiger partial charge < -0.3 is 14.8 Å². The van der Waals surface area contributed by atoms with Crippen molar-refractivity contribution in [3.8, 4) is 5.75 Å². The number of nitrogens with one attached hydrogen (secondary N) is 1. The van der Waals surface area contributed by atoms with Crippen molar-refractivity contribution in [1.29, 1.82) is 0 Å². The number of carbonyl (C=O) groups is 1. The zero-order valence-corrected chi connectivity index (χ0v) is 12.7. The van der Waals surface area contributed by atoms with E-state index in [1.54, 1.807) is 13.3 Å². The number of rotatable bonds is 5. The summed E-state index contributed by atoms with van der Waals surface area (Å²) in [5, 5.41) is 5.12. The number of fused-ring (bicyclic) bond motifs is 1. The van der Waals surface area contributed by atoms with Crippen LogP contribution in [0, 0.1) is 5.92 Å². The third kappa shape index (κ3) is 3.24. The van der Waals surface area contributed by atoms with E-state index in [2.05, 4.69) is 10.3 Å². The van der Waals surface area contributed by atoms with Crippen LogP contribution < -0.4 is 10.1 Å². The van der Waals surface area contributed by atoms with Gasteiger partial charge in [-0.15, -0.1) is 0 Å². The third-order valence-electron chi connectivity index (χ3n) is 3.39. The second-order valence-corrected chi connectivity index (χ2v) is 5.14. The molecule has 112 valence electrons. The Kier molecular flexibility index (Phi) is 4.62. The van der Waals surface area contributed by atoms with E-state index in [0.29, 0.717) is 5.82 Å². The predicted octanol–water partition coefficient (Wildman–Crippen LogP) is 2.85. The molecular formula is C16H20N2O3. The summed E-state index contributed by atoms with van der Waals surface area (Å²) in [6.45, 7) is 3.92. The standard InChI is InChI=1S/C16H20N2O3/c1-10(2)14(16(19)21-4)18-15-13-9-12(20-3)6-5-11(13)7-8-17-15/h5-10,14H,1-4H3,(H,17,18). The lowest BCUT2D eigenvalue weighted by Gasteiger charge is -2.21. The second kappa shape index (κ2) is 6.43. The van der Waals surface area contributed by atoms with Crippen molar-refractivity contribution < 1.29 is 14.3 Å². The molecule has 5 heteroatoms. The molecule has 1 N–H and O–H groups in total. The molecule has 1 unspecified atom stereocenters. The van der Waals surface area contributed by atoms with E-state index in [0.717, 1.165) is 16.5 Å². The average molecular weight is 288 g/mol. The van der Waals surface area contributed by atoms with E-state index in [4.69, 9.17) is 9.47 Å². The molecule has 0 spiro atoms. The van der Waals surface area contributed by atoms with E-state index in [1.807, 2.05) is 38.1 Å². The highest BCUT2D eigenvalue weighted by Gasteiger charge is 2.23. The average Bonchev–Trinajstić information content (AvgIpc) is 2.51. The Labute approximate surface area is 124 Å². The van der Waals surface area contributed by atoms with Crippen molar-refractivity contribution >= 4 is 22.6 Å². The number of hydrogen-bond donors (Lipinski definition) is 1. The van der Waals surface area contributed by atoms with Gasteiger partial charge in [-0.2, -0.15) is 0 Å². The Hall–Kier alpha value is -2.30. The van der Waals surface area contributed by atoms with Gasteiger partial charge in [0.1, 0.15) is 17.6 Å². The molecule has 5 nitrogen and oxygen atoms in total. The summed E-state index contributed by atoms with van der Waals surface area (Å²) in [7, 11) is 3.01. The molecule has 1 aromatic carbocycles. The van der Waals surface area contributed by atoms with Gasteiger partial charge in [0, 0.05) is 11.6 Å². The fraction of sp³-hybridized carbons (Fsp3) is 0.375. The van der Waals surface area contributed by atoms with Gasteiger partial charge in [0.25, 0.3) is 0 Å². The predicted molar refractivity (Wildman–Crippen MR) is 82.6 cm³/mol. The first-order valence-electron chi connectivity index (χ1n) is 6.84. The van der Waals surface area contributed by atoms with Crippen LogP contribution in [0.15, 0.2) is 30.5 Å². The van der Waals surface area contributed by atoms with Gasteiger partial charge in [-0.25, -0.2) is 9.78 Å². The van der Waals surface area contributed by atoms with Crippen LogP contribution in [0.1, 0.15) is 13.8 Å². The van der Waals surface area contributed by atoms with E-state index in [9.17, 15) is 4.79 Å². The minimum Gasteiger partial charge on any atom is -0.497 e. The Morgan fingerprint density at radius 1 is 1.24 bits per heavy atom. The smallest absolute Gasteiger partial charge is 0.328 e. The summed E-state index contributed by atoms with van der Waals surface area (Å²) in [5.74, 6) is 1.18. The Balaban J connectivity index is 2.43. The molecule has 1 heterocycles. The van der Waals surface area contributed by atoms with Crippen LogP contribution in [0.4, 0.5) is 5.82 Å². The Bertz CT molecular complexity index is 640. The number of hydrogen-bond acceptors (Lipinski definition) is 5. The van der Waals surface area contributed by atoms with Crippen LogP contribution in [0.5, 0.6) is 5.75 Å². The maximum atomic E-state index is 11.9. The molecule has 1 atom stereocenters. The number of carbonyl (C=O) groups excluding carboxylic acids is 1. The third-order valence-corrected chi connectivity index (χ3v) is 3.39. The summed E-state index contributed by atoms with van der Waals surface area (Å²) >= 11 is 0. The lowest BCUT2D eigenvalue weighted by molar-refractivity contribution is -0.142. The van der Waals surface area contributed by atoms with Gasteiger partial charge in [-0.1, -0.05) is 19.9 Å². The van der Waals surface area contributed by atoms with E-state index >= 15 is 0 Å². The van der Waals surface area contributed by atoms with Gasteiger partial charge in [0.2, 0.25) is 0 Å². The van der Waals surface area contributed by atoms with Crippen LogP contribution in [0.3, 0.4) is 0 Å². The summed E-state index contributed by atoms with van der Waals surface area (Å²) < 4.78 is 10.1. The SMILES string of the molecule is COC(=O)C(Nc1nccc2ccc(OC)cc12)C(C)C. The van der Waals surface area contributed by atoms with Gasteiger partial charge in [-0.3, -0.25) is 0 Å². The largest absolute Gasteiger partial charge is 0.497 e. The fourth-order valence-electron chi connectivity index (χ4n) is 2.16. The molecule has 0 saturated heterocycles. The number of anilines is 1. The minimum absolute atomic E-state index is 0.0834. The van der Waals surface area contributed by atoms with Crippen molar-refractivity contribution in [1.82, 2.24) is 4.98 Å². The first-order valence-corrected chi connectivity index (χ1v) is 6.84. The maximum Gasteiger partial charge on any atom is 0.328 e. The number of ether oxygens (including phenoxy) is 2. The highest BCUT2D eigenvalue weighted by atomic mass is 16.5. The topological polar surface area (TPSA) is 60.5 Å². The maximum absolute atomic E-state index is 11.9. The summed E-state index contributed by atoms with van der Waals surface area (Å²) in [4.78, 5) is 16.2. The van der Waals surface area contributed by atoms with Crippen molar-refractivity contribution in [3.05, 3.63) is 30.5 Å². The van der Waals surface area contributed by atoms with Crippen LogP contribution in [-0.2, 0) is 9.53 Å². The van der Waals surface area contributed by atoms with Crippen LogP contribution >= 0.6 is 0 Å². The number of esters is 1. The van der Waals surface area contributed by atoms with Crippen LogP contribution in [-0.4, -0.2) is 31.2 Å². The monoisotopic (exact) mass is 288 g/mol. The van der Waals surface area contributed by atoms with Crippen molar-refractivity contribution in [2.75, 3.05) is 19.5 Å². The first kappa shape index (κ1) is 15.1. The first-order chi connectivity index (χ1) is 10.1. The molecule has 0 aliphatic rings. The second-order valence-electron chi connectivity index (χ2n) is 5.14.